The number of aliphatic hydroxyl groups is 1. The van der Waals surface area contributed by atoms with E-state index in [1.807, 2.05) is 0 Å². The third kappa shape index (κ3) is 3.96. The summed E-state index contributed by atoms with van der Waals surface area (Å²) in [4.78, 5) is 36.3. The van der Waals surface area contributed by atoms with E-state index in [0.29, 0.717) is 33.3 Å². The highest BCUT2D eigenvalue weighted by Crippen LogP contribution is 2.39. The van der Waals surface area contributed by atoms with Crippen molar-refractivity contribution in [2.45, 2.75) is 6.73 Å². The molecule has 10 nitrogen and oxygen atoms in total. The maximum absolute atomic E-state index is 12.8. The number of rotatable bonds is 6. The maximum Gasteiger partial charge on any atom is 0.271 e. The van der Waals surface area contributed by atoms with Crippen molar-refractivity contribution < 1.29 is 24.4 Å². The number of hydrogen-bond acceptors (Lipinski definition) is 6. The summed E-state index contributed by atoms with van der Waals surface area (Å²) in [6.45, 7) is 7.19. The number of aromatic nitrogens is 2. The van der Waals surface area contributed by atoms with E-state index in [0.717, 1.165) is 0 Å². The first-order valence-electron chi connectivity index (χ1n) is 10.1. The lowest BCUT2D eigenvalue weighted by atomic mass is 9.94. The minimum absolute atomic E-state index is 0.0778. The Kier molecular flexibility index (Phi) is 6.94. The lowest BCUT2D eigenvalue weighted by Crippen LogP contribution is -2.22. The van der Waals surface area contributed by atoms with Crippen molar-refractivity contribution >= 4 is 51.7 Å². The number of imide groups is 1. The van der Waals surface area contributed by atoms with Crippen LogP contribution in [0.2, 0.25) is 0 Å². The molecule has 1 aromatic carbocycles. The first-order chi connectivity index (χ1) is 16.2. The molecular formula is C24H24N4O6. The molecule has 0 saturated heterocycles. The summed E-state index contributed by atoms with van der Waals surface area (Å²) in [6.07, 6.45) is 6.29. The number of fused-ring (bicyclic) bond motifs is 1. The van der Waals surface area contributed by atoms with Crippen LogP contribution in [0, 0.1) is 10.1 Å². The highest BCUT2D eigenvalue weighted by molar-refractivity contribution is 6.50. The predicted octanol–water partition coefficient (Wildman–Crippen LogP) is 2.95. The third-order valence-corrected chi connectivity index (χ3v) is 5.37. The lowest BCUT2D eigenvalue weighted by molar-refractivity contribution is -0.384. The van der Waals surface area contributed by atoms with Gasteiger partial charge in [0.15, 0.2) is 0 Å². The number of ether oxygens (including phenoxy) is 1. The zero-order valence-corrected chi connectivity index (χ0v) is 19.0. The van der Waals surface area contributed by atoms with Gasteiger partial charge in [-0.15, -0.1) is 0 Å². The molecule has 0 aliphatic carbocycles. The van der Waals surface area contributed by atoms with Crippen LogP contribution >= 0.6 is 0 Å². The van der Waals surface area contributed by atoms with Crippen LogP contribution in [-0.4, -0.2) is 45.2 Å². The molecule has 0 fully saturated rings. The van der Waals surface area contributed by atoms with Crippen LogP contribution in [0.1, 0.15) is 22.4 Å². The number of carbonyl (C=O) groups excluding carboxylic acids is 2. The topological polar surface area (TPSA) is 129 Å². The summed E-state index contributed by atoms with van der Waals surface area (Å²) >= 11 is 0. The van der Waals surface area contributed by atoms with Crippen LogP contribution in [0.5, 0.6) is 0 Å². The Morgan fingerprint density at radius 2 is 1.74 bits per heavy atom. The fourth-order valence-electron chi connectivity index (χ4n) is 4.00. The van der Waals surface area contributed by atoms with Crippen molar-refractivity contribution in [3.63, 3.8) is 0 Å². The fraction of sp³-hybridized carbons (Fsp3) is 0.167. The van der Waals surface area contributed by atoms with Gasteiger partial charge in [0.1, 0.15) is 6.73 Å². The van der Waals surface area contributed by atoms with E-state index in [2.05, 4.69) is 23.2 Å². The van der Waals surface area contributed by atoms with Crippen LogP contribution in [-0.2, 0) is 28.1 Å². The first-order valence-corrected chi connectivity index (χ1v) is 10.1. The lowest BCUT2D eigenvalue weighted by Gasteiger charge is -2.04. The number of aliphatic hydroxyl groups excluding tert-OH is 1. The van der Waals surface area contributed by atoms with Crippen LogP contribution < -0.4 is 5.32 Å². The average molecular weight is 464 g/mol. The molecular weight excluding hydrogens is 440 g/mol. The summed E-state index contributed by atoms with van der Waals surface area (Å²) in [5.74, 6) is -1.15. The monoisotopic (exact) mass is 464 g/mol. The number of nitro benzene ring substituents is 1. The average Bonchev–Trinajstić information content (AvgIpc) is 3.43. The third-order valence-electron chi connectivity index (χ3n) is 5.37. The normalized spacial score (nSPS) is 13.1. The Labute approximate surface area is 195 Å². The number of non-ortho nitro benzene ring substituents is 1. The molecule has 2 N–H and O–H groups in total. The number of carbonyl (C=O) groups is 2. The second-order valence-corrected chi connectivity index (χ2v) is 7.41. The molecule has 1 aliphatic rings. The molecule has 10 heteroatoms. The van der Waals surface area contributed by atoms with E-state index < -0.39 is 16.7 Å². The van der Waals surface area contributed by atoms with E-state index in [-0.39, 0.29) is 23.6 Å². The predicted molar refractivity (Wildman–Crippen MR) is 129 cm³/mol. The molecule has 0 spiro atoms. The van der Waals surface area contributed by atoms with E-state index in [4.69, 9.17) is 0 Å². The van der Waals surface area contributed by atoms with Gasteiger partial charge in [0.2, 0.25) is 0 Å². The molecule has 1 aliphatic heterocycles. The second-order valence-electron chi connectivity index (χ2n) is 7.41. The molecule has 0 unspecified atom stereocenters. The van der Waals surface area contributed by atoms with Crippen molar-refractivity contribution in [3.05, 3.63) is 76.2 Å². The van der Waals surface area contributed by atoms with Crippen molar-refractivity contribution in [2.75, 3.05) is 14.2 Å². The molecule has 176 valence electrons. The molecule has 0 saturated carbocycles. The Balaban J connectivity index is 0.00000103. The Hall–Kier alpha value is -4.28. The van der Waals surface area contributed by atoms with Gasteiger partial charge in [-0.3, -0.25) is 25.0 Å². The van der Waals surface area contributed by atoms with E-state index in [9.17, 15) is 24.8 Å². The van der Waals surface area contributed by atoms with Crippen LogP contribution in [0.3, 0.4) is 0 Å². The zero-order chi connectivity index (χ0) is 25.2. The smallest absolute Gasteiger partial charge is 0.271 e. The number of benzene rings is 1. The van der Waals surface area contributed by atoms with Crippen LogP contribution in [0.15, 0.2) is 43.8 Å². The standard InChI is InChI=1S/C22H18N4O5.C2H6O/c1-4-13-16(10-25(11-27)17(13)5-2)20-19(21(28)23-22(20)29)15-9-24(3)18-8-12(26(30)31)6-7-14(15)18;1-3-2/h4-10,27H,1-2,11H2,3H3,(H,23,28,29);1-2H3. The number of methoxy groups -OCH3 is 1. The van der Waals surface area contributed by atoms with Gasteiger partial charge in [-0.1, -0.05) is 19.2 Å². The SMILES string of the molecule is C=Cc1c(C2=C(c3cn(C)c4cc([N+](=O)[O-])ccc34)C(=O)NC2=O)cn(CO)c1C=C.COC. The summed E-state index contributed by atoms with van der Waals surface area (Å²) in [5, 5.41) is 23.8. The van der Waals surface area contributed by atoms with Gasteiger partial charge in [0, 0.05) is 73.6 Å². The van der Waals surface area contributed by atoms with Crippen molar-refractivity contribution in [1.29, 1.82) is 0 Å². The van der Waals surface area contributed by atoms with Gasteiger partial charge in [-0.25, -0.2) is 0 Å². The molecule has 0 atom stereocenters. The van der Waals surface area contributed by atoms with Crippen LogP contribution in [0.4, 0.5) is 5.69 Å². The van der Waals surface area contributed by atoms with E-state index >= 15 is 0 Å². The minimum Gasteiger partial charge on any atom is -0.388 e. The number of aryl methyl sites for hydroxylation is 1. The molecule has 3 aromatic rings. The van der Waals surface area contributed by atoms with Gasteiger partial charge in [-0.2, -0.15) is 0 Å². The van der Waals surface area contributed by atoms with Gasteiger partial charge < -0.3 is 19.0 Å². The van der Waals surface area contributed by atoms with Crippen LogP contribution in [0.25, 0.3) is 34.2 Å². The quantitative estimate of drug-likeness (QED) is 0.328. The second kappa shape index (κ2) is 9.69. The number of nitro groups is 1. The van der Waals surface area contributed by atoms with Gasteiger partial charge in [0.05, 0.1) is 21.6 Å². The number of hydrogen-bond donors (Lipinski definition) is 2. The number of nitrogens with one attached hydrogen (secondary N) is 1. The first kappa shape index (κ1) is 24.4. The van der Waals surface area contributed by atoms with Crippen molar-refractivity contribution in [3.8, 4) is 0 Å². The maximum atomic E-state index is 12.8. The number of nitrogens with zero attached hydrogens (tertiary/aromatic N) is 3. The van der Waals surface area contributed by atoms with Crippen molar-refractivity contribution in [1.82, 2.24) is 14.5 Å². The molecule has 0 radical (unpaired) electrons. The van der Waals surface area contributed by atoms with Gasteiger partial charge in [-0.05, 0) is 12.1 Å². The van der Waals surface area contributed by atoms with Gasteiger partial charge >= 0.3 is 0 Å². The number of amides is 2. The molecule has 2 aromatic heterocycles. The van der Waals surface area contributed by atoms with E-state index in [1.54, 1.807) is 44.3 Å². The molecule has 4 rings (SSSR count). The highest BCUT2D eigenvalue weighted by Gasteiger charge is 2.35. The largest absolute Gasteiger partial charge is 0.388 e. The van der Waals surface area contributed by atoms with E-state index in [1.165, 1.54) is 28.9 Å². The summed E-state index contributed by atoms with van der Waals surface area (Å²) in [6, 6.07) is 4.33. The molecule has 34 heavy (non-hydrogen) atoms. The minimum atomic E-state index is -0.576. The summed E-state index contributed by atoms with van der Waals surface area (Å²) in [7, 11) is 4.96. The summed E-state index contributed by atoms with van der Waals surface area (Å²) in [5.41, 5.74) is 2.77. The fourth-order valence-corrected chi connectivity index (χ4v) is 4.00. The Morgan fingerprint density at radius 3 is 2.26 bits per heavy atom. The Morgan fingerprint density at radius 1 is 1.12 bits per heavy atom. The highest BCUT2D eigenvalue weighted by atomic mass is 16.6. The van der Waals surface area contributed by atoms with Crippen molar-refractivity contribution in [2.24, 2.45) is 7.05 Å². The molecule has 0 bridgehead atoms. The molecule has 3 heterocycles. The van der Waals surface area contributed by atoms with Gasteiger partial charge in [0.25, 0.3) is 17.5 Å². The Bertz CT molecular complexity index is 1380. The molecule has 2 amide bonds. The zero-order valence-electron chi connectivity index (χ0n) is 19.0. The summed E-state index contributed by atoms with van der Waals surface area (Å²) < 4.78 is 7.41.